The summed E-state index contributed by atoms with van der Waals surface area (Å²) in [5.41, 5.74) is 0. The maximum Gasteiger partial charge on any atom is 0.309 e. The summed E-state index contributed by atoms with van der Waals surface area (Å²) in [5, 5.41) is 0. The number of hydrogen-bond acceptors (Lipinski definition) is 3. The molecule has 17 heavy (non-hydrogen) atoms. The second-order valence-corrected chi connectivity index (χ2v) is 4.30. The van der Waals surface area contributed by atoms with Crippen LogP contribution in [0.3, 0.4) is 0 Å². The van der Waals surface area contributed by atoms with Crippen molar-refractivity contribution in [3.63, 3.8) is 0 Å². The van der Waals surface area contributed by atoms with Crippen LogP contribution in [0.2, 0.25) is 0 Å². The second-order valence-electron chi connectivity index (χ2n) is 4.30. The van der Waals surface area contributed by atoms with Gasteiger partial charge in [0.05, 0.1) is 19.1 Å². The van der Waals surface area contributed by atoms with Crippen LogP contribution in [0.15, 0.2) is 30.3 Å². The van der Waals surface area contributed by atoms with E-state index in [4.69, 9.17) is 9.47 Å². The molecule has 0 spiro atoms. The molecule has 1 aliphatic carbocycles. The SMILES string of the molecule is CCOC(=O)C1CC1CCOc1ccccc1. The van der Waals surface area contributed by atoms with Crippen molar-refractivity contribution in [2.75, 3.05) is 13.2 Å². The molecule has 1 aliphatic rings. The van der Waals surface area contributed by atoms with Crippen LogP contribution < -0.4 is 4.74 Å². The molecule has 3 heteroatoms. The molecule has 0 amide bonds. The molecule has 0 radical (unpaired) electrons. The fourth-order valence-electron chi connectivity index (χ4n) is 1.95. The lowest BCUT2D eigenvalue weighted by atomic mass is 10.2. The molecule has 0 bridgehead atoms. The van der Waals surface area contributed by atoms with Crippen LogP contribution in [0.25, 0.3) is 0 Å². The minimum atomic E-state index is -0.0442. The van der Waals surface area contributed by atoms with Crippen LogP contribution in [-0.4, -0.2) is 19.2 Å². The van der Waals surface area contributed by atoms with E-state index in [2.05, 4.69) is 0 Å². The second kappa shape index (κ2) is 5.71. The monoisotopic (exact) mass is 234 g/mol. The zero-order valence-corrected chi connectivity index (χ0v) is 10.1. The third-order valence-corrected chi connectivity index (χ3v) is 3.01. The highest BCUT2D eigenvalue weighted by Crippen LogP contribution is 2.42. The van der Waals surface area contributed by atoms with Crippen molar-refractivity contribution in [3.8, 4) is 5.75 Å². The summed E-state index contributed by atoms with van der Waals surface area (Å²) < 4.78 is 10.6. The molecule has 1 aromatic rings. The summed E-state index contributed by atoms with van der Waals surface area (Å²) in [4.78, 5) is 11.4. The van der Waals surface area contributed by atoms with Crippen LogP contribution in [0.1, 0.15) is 19.8 Å². The first-order valence-corrected chi connectivity index (χ1v) is 6.15. The van der Waals surface area contributed by atoms with E-state index in [1.165, 1.54) is 0 Å². The third kappa shape index (κ3) is 3.48. The number of hydrogen-bond donors (Lipinski definition) is 0. The topological polar surface area (TPSA) is 35.5 Å². The van der Waals surface area contributed by atoms with Crippen molar-refractivity contribution < 1.29 is 14.3 Å². The molecule has 1 fully saturated rings. The normalized spacial score (nSPS) is 21.9. The molecular formula is C14H18O3. The molecule has 1 saturated carbocycles. The fraction of sp³-hybridized carbons (Fsp3) is 0.500. The first kappa shape index (κ1) is 12.0. The summed E-state index contributed by atoms with van der Waals surface area (Å²) in [6.45, 7) is 2.99. The first-order chi connectivity index (χ1) is 8.31. The van der Waals surface area contributed by atoms with E-state index in [9.17, 15) is 4.79 Å². The number of rotatable bonds is 6. The van der Waals surface area contributed by atoms with Gasteiger partial charge in [-0.3, -0.25) is 4.79 Å². The lowest BCUT2D eigenvalue weighted by Crippen LogP contribution is -2.08. The summed E-state index contributed by atoms with van der Waals surface area (Å²) >= 11 is 0. The Morgan fingerprint density at radius 3 is 2.82 bits per heavy atom. The zero-order valence-electron chi connectivity index (χ0n) is 10.1. The van der Waals surface area contributed by atoms with Crippen molar-refractivity contribution in [1.29, 1.82) is 0 Å². The average Bonchev–Trinajstić information content (AvgIpc) is 3.10. The van der Waals surface area contributed by atoms with E-state index in [-0.39, 0.29) is 11.9 Å². The van der Waals surface area contributed by atoms with E-state index in [1.807, 2.05) is 37.3 Å². The van der Waals surface area contributed by atoms with E-state index in [0.29, 0.717) is 19.1 Å². The number of ether oxygens (including phenoxy) is 2. The van der Waals surface area contributed by atoms with Crippen LogP contribution >= 0.6 is 0 Å². The van der Waals surface area contributed by atoms with Crippen LogP contribution in [0.5, 0.6) is 5.75 Å². The van der Waals surface area contributed by atoms with Crippen molar-refractivity contribution in [1.82, 2.24) is 0 Å². The van der Waals surface area contributed by atoms with Gasteiger partial charge in [-0.25, -0.2) is 0 Å². The van der Waals surface area contributed by atoms with Gasteiger partial charge in [0.25, 0.3) is 0 Å². The Balaban J connectivity index is 1.63. The lowest BCUT2D eigenvalue weighted by Gasteiger charge is -2.05. The van der Waals surface area contributed by atoms with E-state index in [0.717, 1.165) is 18.6 Å². The van der Waals surface area contributed by atoms with E-state index < -0.39 is 0 Å². The summed E-state index contributed by atoms with van der Waals surface area (Å²) in [5.74, 6) is 1.42. The molecule has 2 unspecified atom stereocenters. The van der Waals surface area contributed by atoms with Gasteiger partial charge >= 0.3 is 5.97 Å². The van der Waals surface area contributed by atoms with E-state index >= 15 is 0 Å². The minimum absolute atomic E-state index is 0.0442. The van der Waals surface area contributed by atoms with Crippen LogP contribution in [0, 0.1) is 11.8 Å². The number of para-hydroxylation sites is 1. The smallest absolute Gasteiger partial charge is 0.309 e. The predicted octanol–water partition coefficient (Wildman–Crippen LogP) is 2.65. The molecule has 0 heterocycles. The molecule has 0 aliphatic heterocycles. The molecule has 0 N–H and O–H groups in total. The predicted molar refractivity (Wildman–Crippen MR) is 64.8 cm³/mol. The van der Waals surface area contributed by atoms with Crippen molar-refractivity contribution in [3.05, 3.63) is 30.3 Å². The number of carbonyl (C=O) groups excluding carboxylic acids is 1. The van der Waals surface area contributed by atoms with Crippen LogP contribution in [0.4, 0.5) is 0 Å². The number of esters is 1. The Kier molecular flexibility index (Phi) is 4.02. The maximum atomic E-state index is 11.4. The average molecular weight is 234 g/mol. The highest BCUT2D eigenvalue weighted by molar-refractivity contribution is 5.75. The molecule has 3 nitrogen and oxygen atoms in total. The standard InChI is InChI=1S/C14H18O3/c1-2-16-14(15)13-10-11(13)8-9-17-12-6-4-3-5-7-12/h3-7,11,13H,2,8-10H2,1H3. The maximum absolute atomic E-state index is 11.4. The van der Waals surface area contributed by atoms with Gasteiger partial charge < -0.3 is 9.47 Å². The Hall–Kier alpha value is -1.51. The van der Waals surface area contributed by atoms with Gasteiger partial charge in [0.2, 0.25) is 0 Å². The molecule has 0 aromatic heterocycles. The van der Waals surface area contributed by atoms with Gasteiger partial charge in [-0.05, 0) is 37.8 Å². The Morgan fingerprint density at radius 1 is 1.35 bits per heavy atom. The van der Waals surface area contributed by atoms with Gasteiger partial charge in [-0.15, -0.1) is 0 Å². The zero-order chi connectivity index (χ0) is 12.1. The summed E-state index contributed by atoms with van der Waals surface area (Å²) in [6, 6.07) is 9.75. The summed E-state index contributed by atoms with van der Waals surface area (Å²) in [7, 11) is 0. The minimum Gasteiger partial charge on any atom is -0.494 e. The Bertz CT molecular complexity index is 361. The van der Waals surface area contributed by atoms with Crippen LogP contribution in [-0.2, 0) is 9.53 Å². The van der Waals surface area contributed by atoms with Gasteiger partial charge in [0, 0.05) is 0 Å². The van der Waals surface area contributed by atoms with Gasteiger partial charge in [-0.2, -0.15) is 0 Å². The van der Waals surface area contributed by atoms with Crippen molar-refractivity contribution in [2.45, 2.75) is 19.8 Å². The molecule has 0 saturated heterocycles. The number of carbonyl (C=O) groups is 1. The molecule has 1 aromatic carbocycles. The third-order valence-electron chi connectivity index (χ3n) is 3.01. The molecule has 2 atom stereocenters. The molecular weight excluding hydrogens is 216 g/mol. The highest BCUT2D eigenvalue weighted by atomic mass is 16.5. The largest absolute Gasteiger partial charge is 0.494 e. The van der Waals surface area contributed by atoms with Gasteiger partial charge in [0.1, 0.15) is 5.75 Å². The fourth-order valence-corrected chi connectivity index (χ4v) is 1.95. The Labute approximate surface area is 102 Å². The lowest BCUT2D eigenvalue weighted by molar-refractivity contribution is -0.145. The quantitative estimate of drug-likeness (QED) is 0.710. The summed E-state index contributed by atoms with van der Waals surface area (Å²) in [6.07, 6.45) is 1.88. The Morgan fingerprint density at radius 2 is 2.12 bits per heavy atom. The van der Waals surface area contributed by atoms with Gasteiger partial charge in [0.15, 0.2) is 0 Å². The van der Waals surface area contributed by atoms with E-state index in [1.54, 1.807) is 0 Å². The van der Waals surface area contributed by atoms with Crippen molar-refractivity contribution in [2.24, 2.45) is 11.8 Å². The van der Waals surface area contributed by atoms with Crippen molar-refractivity contribution >= 4 is 5.97 Å². The number of benzene rings is 1. The highest BCUT2D eigenvalue weighted by Gasteiger charge is 2.43. The first-order valence-electron chi connectivity index (χ1n) is 6.15. The molecule has 92 valence electrons. The van der Waals surface area contributed by atoms with Gasteiger partial charge in [-0.1, -0.05) is 18.2 Å². The molecule has 2 rings (SSSR count).